The lowest BCUT2D eigenvalue weighted by Gasteiger charge is -2.25. The van der Waals surface area contributed by atoms with Crippen LogP contribution in [0.15, 0.2) is 17.5 Å². The molecular formula is C14H14FNO5S. The molecule has 0 radical (unpaired) electrons. The van der Waals surface area contributed by atoms with E-state index in [0.717, 1.165) is 23.3 Å². The van der Waals surface area contributed by atoms with Gasteiger partial charge in [0.05, 0.1) is 12.0 Å². The Morgan fingerprint density at radius 1 is 1.50 bits per heavy atom. The van der Waals surface area contributed by atoms with Gasteiger partial charge in [-0.1, -0.05) is 6.07 Å². The van der Waals surface area contributed by atoms with E-state index in [-0.39, 0.29) is 11.4 Å². The van der Waals surface area contributed by atoms with E-state index in [9.17, 15) is 19.2 Å². The number of likely N-dealkylation sites (tertiary alicyclic amines) is 1. The molecule has 0 spiro atoms. The van der Waals surface area contributed by atoms with E-state index < -0.39 is 41.6 Å². The van der Waals surface area contributed by atoms with Gasteiger partial charge in [-0.05, 0) is 18.4 Å². The first kappa shape index (κ1) is 16.3. The topological polar surface area (TPSA) is 80.8 Å². The van der Waals surface area contributed by atoms with Crippen LogP contribution < -0.4 is 0 Å². The summed E-state index contributed by atoms with van der Waals surface area (Å²) in [5.74, 6) is -5.79. The van der Waals surface area contributed by atoms with E-state index in [2.05, 4.69) is 4.74 Å². The molecule has 0 saturated carbocycles. The first-order valence-electron chi connectivity index (χ1n) is 6.57. The van der Waals surface area contributed by atoms with Gasteiger partial charge in [-0.25, -0.2) is 9.18 Å². The van der Waals surface area contributed by atoms with Gasteiger partial charge in [-0.3, -0.25) is 19.3 Å². The molecule has 22 heavy (non-hydrogen) atoms. The lowest BCUT2D eigenvalue weighted by molar-refractivity contribution is -0.158. The Morgan fingerprint density at radius 3 is 2.64 bits per heavy atom. The van der Waals surface area contributed by atoms with Crippen molar-refractivity contribution in [1.29, 1.82) is 0 Å². The standard InChI is InChI=1S/C14H14FNO5S/c1-3-16-10(17)7-8(12(16)19)14(15,13(20)21-2)11(18)9-5-4-6-22-9/h4-6,8H,3,7H2,1-2H3/t8-,14+/m0/s1. The number of methoxy groups -OCH3 is 1. The van der Waals surface area contributed by atoms with Crippen LogP contribution in [0, 0.1) is 5.92 Å². The fourth-order valence-corrected chi connectivity index (χ4v) is 3.17. The van der Waals surface area contributed by atoms with E-state index in [4.69, 9.17) is 0 Å². The Kier molecular flexibility index (Phi) is 4.41. The summed E-state index contributed by atoms with van der Waals surface area (Å²) in [6.45, 7) is 1.61. The molecule has 2 amide bonds. The Hall–Kier alpha value is -2.09. The summed E-state index contributed by atoms with van der Waals surface area (Å²) in [5, 5.41) is 1.55. The monoisotopic (exact) mass is 327 g/mol. The maximum Gasteiger partial charge on any atom is 0.352 e. The first-order valence-corrected chi connectivity index (χ1v) is 7.45. The second-order valence-electron chi connectivity index (χ2n) is 4.74. The van der Waals surface area contributed by atoms with Crippen molar-refractivity contribution in [3.63, 3.8) is 0 Å². The van der Waals surface area contributed by atoms with Gasteiger partial charge in [-0.2, -0.15) is 0 Å². The van der Waals surface area contributed by atoms with Crippen LogP contribution in [0.5, 0.6) is 0 Å². The normalized spacial score (nSPS) is 20.9. The van der Waals surface area contributed by atoms with Crippen molar-refractivity contribution in [3.05, 3.63) is 22.4 Å². The molecule has 1 aliphatic heterocycles. The lowest BCUT2D eigenvalue weighted by Crippen LogP contribution is -2.52. The van der Waals surface area contributed by atoms with E-state index in [1.165, 1.54) is 12.1 Å². The molecule has 1 aromatic rings. The van der Waals surface area contributed by atoms with Crippen LogP contribution in [-0.4, -0.2) is 47.8 Å². The molecule has 1 fully saturated rings. The molecule has 0 bridgehead atoms. The number of Topliss-reactive ketones (excluding diaryl/α,β-unsaturated/α-hetero) is 1. The second-order valence-corrected chi connectivity index (χ2v) is 5.69. The number of hydrogen-bond acceptors (Lipinski definition) is 6. The zero-order valence-corrected chi connectivity index (χ0v) is 12.8. The molecule has 118 valence electrons. The maximum absolute atomic E-state index is 15.4. The molecule has 0 unspecified atom stereocenters. The lowest BCUT2D eigenvalue weighted by atomic mass is 9.83. The molecule has 2 heterocycles. The number of rotatable bonds is 5. The molecule has 0 aromatic carbocycles. The van der Waals surface area contributed by atoms with E-state index in [1.54, 1.807) is 12.3 Å². The van der Waals surface area contributed by atoms with Crippen molar-refractivity contribution in [2.45, 2.75) is 19.0 Å². The van der Waals surface area contributed by atoms with Gasteiger partial charge in [-0.15, -0.1) is 11.3 Å². The number of ether oxygens (including phenoxy) is 1. The minimum absolute atomic E-state index is 0.0110. The fraction of sp³-hybridized carbons (Fsp3) is 0.429. The van der Waals surface area contributed by atoms with Crippen molar-refractivity contribution < 1.29 is 28.3 Å². The second kappa shape index (κ2) is 5.96. The summed E-state index contributed by atoms with van der Waals surface area (Å²) < 4.78 is 19.8. The van der Waals surface area contributed by atoms with Gasteiger partial charge in [0.15, 0.2) is 0 Å². The van der Waals surface area contributed by atoms with Crippen LogP contribution in [0.25, 0.3) is 0 Å². The molecule has 0 N–H and O–H groups in total. The molecule has 2 rings (SSSR count). The smallest absolute Gasteiger partial charge is 0.352 e. The minimum atomic E-state index is -3.20. The van der Waals surface area contributed by atoms with Crippen molar-refractivity contribution in [2.24, 2.45) is 5.92 Å². The average molecular weight is 327 g/mol. The highest BCUT2D eigenvalue weighted by atomic mass is 32.1. The third-order valence-electron chi connectivity index (χ3n) is 3.60. The van der Waals surface area contributed by atoms with Crippen LogP contribution in [-0.2, 0) is 19.1 Å². The van der Waals surface area contributed by atoms with E-state index in [0.29, 0.717) is 0 Å². The van der Waals surface area contributed by atoms with Crippen molar-refractivity contribution >= 4 is 34.9 Å². The molecular weight excluding hydrogens is 313 g/mol. The number of hydrogen-bond donors (Lipinski definition) is 0. The third kappa shape index (κ3) is 2.33. The number of amides is 2. The Balaban J connectivity index is 2.47. The molecule has 2 atom stereocenters. The Bertz CT molecular complexity index is 629. The summed E-state index contributed by atoms with van der Waals surface area (Å²) in [4.78, 5) is 49.1. The first-order chi connectivity index (χ1) is 10.4. The van der Waals surface area contributed by atoms with Crippen molar-refractivity contribution in [1.82, 2.24) is 4.90 Å². The number of thiophene rings is 1. The van der Waals surface area contributed by atoms with Crippen LogP contribution in [0.3, 0.4) is 0 Å². The largest absolute Gasteiger partial charge is 0.466 e. The molecule has 1 saturated heterocycles. The SMILES string of the molecule is CCN1C(=O)C[C@H]([C@](F)(C(=O)OC)C(=O)c2cccs2)C1=O. The number of ketones is 1. The van der Waals surface area contributed by atoms with E-state index in [1.807, 2.05) is 0 Å². The summed E-state index contributed by atoms with van der Waals surface area (Å²) in [7, 11) is 0.928. The quantitative estimate of drug-likeness (QED) is 0.351. The van der Waals surface area contributed by atoms with E-state index >= 15 is 4.39 Å². The van der Waals surface area contributed by atoms with Crippen LogP contribution in [0.4, 0.5) is 4.39 Å². The zero-order chi connectivity index (χ0) is 16.5. The predicted molar refractivity (Wildman–Crippen MR) is 75.0 cm³/mol. The van der Waals surface area contributed by atoms with Gasteiger partial charge in [0.1, 0.15) is 5.92 Å². The highest BCUT2D eigenvalue weighted by Gasteiger charge is 2.61. The van der Waals surface area contributed by atoms with Gasteiger partial charge in [0, 0.05) is 13.0 Å². The van der Waals surface area contributed by atoms with Gasteiger partial charge in [0.25, 0.3) is 5.67 Å². The zero-order valence-electron chi connectivity index (χ0n) is 12.0. The fourth-order valence-electron chi connectivity index (χ4n) is 2.45. The molecule has 6 nitrogen and oxygen atoms in total. The number of alkyl halides is 1. The number of nitrogens with zero attached hydrogens (tertiary/aromatic N) is 1. The van der Waals surface area contributed by atoms with Crippen molar-refractivity contribution in [3.8, 4) is 0 Å². The summed E-state index contributed by atoms with van der Waals surface area (Å²) in [5.41, 5.74) is -3.20. The maximum atomic E-state index is 15.4. The Labute approximate surface area is 129 Å². The van der Waals surface area contributed by atoms with Crippen LogP contribution >= 0.6 is 11.3 Å². The molecule has 0 aliphatic carbocycles. The van der Waals surface area contributed by atoms with Crippen molar-refractivity contribution in [2.75, 3.05) is 13.7 Å². The highest BCUT2D eigenvalue weighted by Crippen LogP contribution is 2.37. The number of halogens is 1. The van der Waals surface area contributed by atoms with Gasteiger partial charge in [0.2, 0.25) is 17.6 Å². The van der Waals surface area contributed by atoms with Crippen LogP contribution in [0.2, 0.25) is 0 Å². The predicted octanol–water partition coefficient (Wildman–Crippen LogP) is 1.21. The van der Waals surface area contributed by atoms with Crippen LogP contribution in [0.1, 0.15) is 23.0 Å². The number of carbonyl (C=O) groups is 4. The highest BCUT2D eigenvalue weighted by molar-refractivity contribution is 7.12. The number of carbonyl (C=O) groups excluding carboxylic acids is 4. The summed E-state index contributed by atoms with van der Waals surface area (Å²) >= 11 is 0.946. The Morgan fingerprint density at radius 2 is 2.18 bits per heavy atom. The molecule has 1 aliphatic rings. The number of esters is 1. The molecule has 8 heteroatoms. The third-order valence-corrected chi connectivity index (χ3v) is 4.47. The summed E-state index contributed by atoms with van der Waals surface area (Å²) in [6, 6.07) is 2.87. The minimum Gasteiger partial charge on any atom is -0.466 e. The average Bonchev–Trinajstić information content (AvgIpc) is 3.13. The molecule has 1 aromatic heterocycles. The summed E-state index contributed by atoms with van der Waals surface area (Å²) in [6.07, 6.45) is -0.532. The van der Waals surface area contributed by atoms with Gasteiger partial charge < -0.3 is 4.74 Å². The number of imide groups is 1. The van der Waals surface area contributed by atoms with Gasteiger partial charge >= 0.3 is 5.97 Å².